The van der Waals surface area contributed by atoms with E-state index in [1.165, 1.54) is 10.8 Å². The summed E-state index contributed by atoms with van der Waals surface area (Å²) < 4.78 is 5.43. The Morgan fingerprint density at radius 1 is 0.892 bits per heavy atom. The molecule has 1 atom stereocenters. The van der Waals surface area contributed by atoms with E-state index in [-0.39, 0.29) is 18.5 Å². The third-order valence-corrected chi connectivity index (χ3v) is 7.98. The molecule has 0 fully saturated rings. The lowest BCUT2D eigenvalue weighted by Gasteiger charge is -2.28. The van der Waals surface area contributed by atoms with Crippen LogP contribution in [-0.4, -0.2) is 29.8 Å². The zero-order chi connectivity index (χ0) is 25.8. The molecule has 4 nitrogen and oxygen atoms in total. The first-order valence-electron chi connectivity index (χ1n) is 12.4. The molecule has 0 spiro atoms. The summed E-state index contributed by atoms with van der Waals surface area (Å²) in [6.45, 7) is 2.05. The van der Waals surface area contributed by atoms with Crippen LogP contribution < -0.4 is 5.32 Å². The Labute approximate surface area is 226 Å². The molecular weight excluding hydrogens is 502 g/mol. The van der Waals surface area contributed by atoms with Crippen molar-refractivity contribution < 1.29 is 14.3 Å². The van der Waals surface area contributed by atoms with E-state index in [2.05, 4.69) is 41.7 Å². The summed E-state index contributed by atoms with van der Waals surface area (Å²) in [7, 11) is 0. The molecule has 0 saturated carbocycles. The lowest BCUT2D eigenvalue weighted by molar-refractivity contribution is -0.153. The van der Waals surface area contributed by atoms with E-state index in [0.29, 0.717) is 30.0 Å². The van der Waals surface area contributed by atoms with Gasteiger partial charge in [0.25, 0.3) is 0 Å². The van der Waals surface area contributed by atoms with Crippen LogP contribution in [0, 0.1) is 0 Å². The molecule has 188 valence electrons. The van der Waals surface area contributed by atoms with Gasteiger partial charge in [0.1, 0.15) is 5.54 Å². The van der Waals surface area contributed by atoms with Gasteiger partial charge in [-0.25, -0.2) is 4.79 Å². The van der Waals surface area contributed by atoms with E-state index in [1.54, 1.807) is 18.7 Å². The number of nitrogens with one attached hydrogen (secondary N) is 1. The monoisotopic (exact) mass is 529 g/mol. The van der Waals surface area contributed by atoms with Crippen molar-refractivity contribution in [3.05, 3.63) is 101 Å². The molecule has 6 heteroatoms. The van der Waals surface area contributed by atoms with Gasteiger partial charge in [-0.3, -0.25) is 4.79 Å². The van der Waals surface area contributed by atoms with Gasteiger partial charge in [-0.1, -0.05) is 72.3 Å². The smallest absolute Gasteiger partial charge is 0.332 e. The molecule has 5 rings (SSSR count). The van der Waals surface area contributed by atoms with Crippen LogP contribution in [0.5, 0.6) is 0 Å². The number of thioether (sulfide) groups is 1. The Morgan fingerprint density at radius 3 is 2.41 bits per heavy atom. The van der Waals surface area contributed by atoms with Crippen LogP contribution in [-0.2, 0) is 27.2 Å². The number of ether oxygens (including phenoxy) is 1. The van der Waals surface area contributed by atoms with Gasteiger partial charge in [0.2, 0.25) is 5.91 Å². The summed E-state index contributed by atoms with van der Waals surface area (Å²) in [5, 5.41) is 6.13. The summed E-state index contributed by atoms with van der Waals surface area (Å²) in [5.41, 5.74) is 3.12. The highest BCUT2D eigenvalue weighted by molar-refractivity contribution is 7.99. The second kappa shape index (κ2) is 11.0. The normalized spacial score (nSPS) is 16.4. The molecule has 1 aliphatic rings. The number of hydrogen-bond donors (Lipinski definition) is 1. The Hall–Kier alpha value is -3.28. The number of esters is 1. The average Bonchev–Trinajstić information content (AvgIpc) is 3.27. The van der Waals surface area contributed by atoms with Crippen molar-refractivity contribution in [3.63, 3.8) is 0 Å². The third kappa shape index (κ3) is 5.68. The highest BCUT2D eigenvalue weighted by Crippen LogP contribution is 2.35. The highest BCUT2D eigenvalue weighted by Gasteiger charge is 2.46. The molecular formula is C31H28ClNO3S. The summed E-state index contributed by atoms with van der Waals surface area (Å²) >= 11 is 7.68. The minimum absolute atomic E-state index is 0.146. The van der Waals surface area contributed by atoms with Crippen LogP contribution in [0.15, 0.2) is 89.8 Å². The van der Waals surface area contributed by atoms with Gasteiger partial charge in [0, 0.05) is 34.9 Å². The first-order valence-corrected chi connectivity index (χ1v) is 13.8. The van der Waals surface area contributed by atoms with E-state index in [0.717, 1.165) is 27.1 Å². The van der Waals surface area contributed by atoms with Gasteiger partial charge >= 0.3 is 5.97 Å². The molecule has 0 saturated heterocycles. The summed E-state index contributed by atoms with van der Waals surface area (Å²) in [5.74, 6) is 0.0957. The van der Waals surface area contributed by atoms with Crippen molar-refractivity contribution in [2.24, 2.45) is 0 Å². The van der Waals surface area contributed by atoms with Crippen LogP contribution in [0.1, 0.15) is 24.5 Å². The topological polar surface area (TPSA) is 55.4 Å². The second-order valence-corrected chi connectivity index (χ2v) is 10.9. The molecule has 1 amide bonds. The largest absolute Gasteiger partial charge is 0.464 e. The number of amides is 1. The summed E-state index contributed by atoms with van der Waals surface area (Å²) in [4.78, 5) is 27.3. The Bertz CT molecular complexity index is 1450. The van der Waals surface area contributed by atoms with Crippen molar-refractivity contribution in [1.82, 2.24) is 5.32 Å². The predicted octanol–water partition coefficient (Wildman–Crippen LogP) is 6.86. The molecule has 37 heavy (non-hydrogen) atoms. The van der Waals surface area contributed by atoms with Crippen molar-refractivity contribution >= 4 is 46.0 Å². The van der Waals surface area contributed by atoms with E-state index < -0.39 is 5.54 Å². The molecule has 0 aliphatic heterocycles. The Balaban J connectivity index is 1.27. The molecule has 4 aromatic carbocycles. The molecule has 0 bridgehead atoms. The number of hydrogen-bond acceptors (Lipinski definition) is 4. The molecule has 0 aromatic heterocycles. The van der Waals surface area contributed by atoms with Crippen LogP contribution in [0.2, 0.25) is 5.02 Å². The third-order valence-electron chi connectivity index (χ3n) is 6.73. The van der Waals surface area contributed by atoms with E-state index in [1.807, 2.05) is 48.5 Å². The van der Waals surface area contributed by atoms with Gasteiger partial charge < -0.3 is 10.1 Å². The van der Waals surface area contributed by atoms with E-state index in [9.17, 15) is 9.59 Å². The number of fused-ring (bicyclic) bond motifs is 2. The fourth-order valence-corrected chi connectivity index (χ4v) is 5.92. The van der Waals surface area contributed by atoms with Crippen LogP contribution in [0.25, 0.3) is 21.9 Å². The van der Waals surface area contributed by atoms with E-state index >= 15 is 0 Å². The lowest BCUT2D eigenvalue weighted by Crippen LogP contribution is -2.56. The maximum atomic E-state index is 13.1. The molecule has 4 aromatic rings. The van der Waals surface area contributed by atoms with Gasteiger partial charge in [-0.15, -0.1) is 11.8 Å². The maximum absolute atomic E-state index is 13.1. The predicted molar refractivity (Wildman–Crippen MR) is 151 cm³/mol. The van der Waals surface area contributed by atoms with Crippen molar-refractivity contribution in [1.29, 1.82) is 0 Å². The molecule has 0 heterocycles. The Kier molecular flexibility index (Phi) is 7.54. The fourth-order valence-electron chi connectivity index (χ4n) is 4.90. The first-order chi connectivity index (χ1) is 18.0. The summed E-state index contributed by atoms with van der Waals surface area (Å²) in [6.07, 6.45) is 1.14. The molecule has 1 unspecified atom stereocenters. The summed E-state index contributed by atoms with van der Waals surface area (Å²) in [6, 6.07) is 28.4. The van der Waals surface area contributed by atoms with Crippen molar-refractivity contribution in [2.75, 3.05) is 12.4 Å². The van der Waals surface area contributed by atoms with Crippen molar-refractivity contribution in [3.8, 4) is 11.1 Å². The maximum Gasteiger partial charge on any atom is 0.332 e. The number of benzene rings is 4. The average molecular weight is 530 g/mol. The lowest BCUT2D eigenvalue weighted by atomic mass is 9.95. The number of carbonyl (C=O) groups is 2. The van der Waals surface area contributed by atoms with E-state index in [4.69, 9.17) is 16.3 Å². The fraction of sp³-hybridized carbons (Fsp3) is 0.226. The number of carbonyl (C=O) groups excluding carboxylic acids is 2. The molecule has 1 N–H and O–H groups in total. The number of halogens is 1. The van der Waals surface area contributed by atoms with Gasteiger partial charge in [0.05, 0.1) is 6.61 Å². The minimum atomic E-state index is -1.08. The first kappa shape index (κ1) is 25.4. The highest BCUT2D eigenvalue weighted by atomic mass is 35.5. The van der Waals surface area contributed by atoms with Gasteiger partial charge in [0.15, 0.2) is 0 Å². The van der Waals surface area contributed by atoms with Crippen molar-refractivity contribution in [2.45, 2.75) is 36.6 Å². The quantitative estimate of drug-likeness (QED) is 0.200. The number of rotatable bonds is 8. The van der Waals surface area contributed by atoms with Gasteiger partial charge in [-0.2, -0.15) is 0 Å². The van der Waals surface area contributed by atoms with Crippen LogP contribution in [0.4, 0.5) is 0 Å². The zero-order valence-corrected chi connectivity index (χ0v) is 22.2. The molecule has 1 aliphatic carbocycles. The molecule has 0 radical (unpaired) electrons. The van der Waals surface area contributed by atoms with Crippen LogP contribution >= 0.6 is 23.4 Å². The standard InChI is InChI=1S/C31H28ClNO3S/c1-2-36-30(35)31(19-25-8-7-24(17-26(25)20-31)22-9-12-27(32)13-10-22)33-29(34)15-16-37-28-14-11-21-5-3-4-6-23(21)18-28/h3-14,17-18H,2,15-16,19-20H2,1H3,(H,33,34). The Morgan fingerprint density at radius 2 is 1.62 bits per heavy atom. The SMILES string of the molecule is CCOC(=O)C1(NC(=O)CCSc2ccc3ccccc3c2)Cc2ccc(-c3ccc(Cl)cc3)cc2C1. The second-order valence-electron chi connectivity index (χ2n) is 9.30. The van der Waals surface area contributed by atoms with Crippen LogP contribution in [0.3, 0.4) is 0 Å². The minimum Gasteiger partial charge on any atom is -0.464 e. The zero-order valence-electron chi connectivity index (χ0n) is 20.6. The van der Waals surface area contributed by atoms with Gasteiger partial charge in [-0.05, 0) is 64.2 Å².